The molecular weight excluding hydrogens is 314 g/mol. The largest absolute Gasteiger partial charge is 0.494 e. The summed E-state index contributed by atoms with van der Waals surface area (Å²) in [5, 5.41) is 8.84. The molecule has 2 aromatic rings. The van der Waals surface area contributed by atoms with Gasteiger partial charge in [-0.15, -0.1) is 0 Å². The first-order valence-corrected chi connectivity index (χ1v) is 8.63. The Kier molecular flexibility index (Phi) is 5.46. The van der Waals surface area contributed by atoms with E-state index in [-0.39, 0.29) is 0 Å². The van der Waals surface area contributed by atoms with E-state index in [1.54, 1.807) is 6.20 Å². The van der Waals surface area contributed by atoms with Crippen molar-refractivity contribution < 1.29 is 4.74 Å². The molecule has 6 nitrogen and oxygen atoms in total. The van der Waals surface area contributed by atoms with E-state index >= 15 is 0 Å². The second kappa shape index (κ2) is 7.95. The predicted octanol–water partition coefficient (Wildman–Crippen LogP) is 2.46. The van der Waals surface area contributed by atoms with E-state index in [0.717, 1.165) is 37.7 Å². The number of piperazine rings is 1. The summed E-state index contributed by atoms with van der Waals surface area (Å²) in [6.07, 6.45) is 3.22. The molecule has 0 N–H and O–H groups in total. The van der Waals surface area contributed by atoms with E-state index < -0.39 is 0 Å². The molecule has 3 rings (SSSR count). The van der Waals surface area contributed by atoms with E-state index in [0.29, 0.717) is 18.3 Å². The average molecular weight is 337 g/mol. The Hall–Kier alpha value is -2.65. The summed E-state index contributed by atoms with van der Waals surface area (Å²) in [4.78, 5) is 13.2. The normalized spacial score (nSPS) is 18.0. The standard InChI is InChI=1S/C19H23N5O/c1-3-25-18-7-5-4-6-16(18)14-23-8-9-24(15(2)13-23)19-12-21-17(10-20)11-22-19/h4-7,11-12,15H,3,8-9,13-14H2,1-2H3/t15-/m0/s1. The second-order valence-electron chi connectivity index (χ2n) is 6.19. The average Bonchev–Trinajstić information content (AvgIpc) is 2.64. The van der Waals surface area contributed by atoms with Crippen LogP contribution < -0.4 is 9.64 Å². The van der Waals surface area contributed by atoms with Crippen LogP contribution in [0.25, 0.3) is 0 Å². The molecule has 1 fully saturated rings. The van der Waals surface area contributed by atoms with E-state index in [1.165, 1.54) is 11.8 Å². The van der Waals surface area contributed by atoms with Gasteiger partial charge in [0.2, 0.25) is 0 Å². The zero-order chi connectivity index (χ0) is 17.6. The molecule has 0 unspecified atom stereocenters. The van der Waals surface area contributed by atoms with Crippen LogP contribution in [0.15, 0.2) is 36.7 Å². The number of nitriles is 1. The summed E-state index contributed by atoms with van der Waals surface area (Å²) in [6, 6.07) is 10.6. The highest BCUT2D eigenvalue weighted by molar-refractivity contribution is 5.39. The molecule has 1 saturated heterocycles. The summed E-state index contributed by atoms with van der Waals surface area (Å²) in [5.41, 5.74) is 1.57. The predicted molar refractivity (Wildman–Crippen MR) is 96.4 cm³/mol. The lowest BCUT2D eigenvalue weighted by Gasteiger charge is -2.40. The van der Waals surface area contributed by atoms with Crippen LogP contribution >= 0.6 is 0 Å². The number of hydrogen-bond acceptors (Lipinski definition) is 6. The fourth-order valence-electron chi connectivity index (χ4n) is 3.22. The van der Waals surface area contributed by atoms with Gasteiger partial charge in [0.25, 0.3) is 0 Å². The van der Waals surface area contributed by atoms with Crippen molar-refractivity contribution in [2.45, 2.75) is 26.4 Å². The molecule has 1 aromatic heterocycles. The smallest absolute Gasteiger partial charge is 0.158 e. The SMILES string of the molecule is CCOc1ccccc1CN1CCN(c2cnc(C#N)cn2)[C@@H](C)C1. The maximum absolute atomic E-state index is 8.84. The van der Waals surface area contributed by atoms with E-state index in [1.807, 2.05) is 25.1 Å². The minimum absolute atomic E-state index is 0.329. The Morgan fingerprint density at radius 1 is 1.24 bits per heavy atom. The highest BCUT2D eigenvalue weighted by Gasteiger charge is 2.25. The summed E-state index contributed by atoms with van der Waals surface area (Å²) in [7, 11) is 0. The van der Waals surface area contributed by atoms with Crippen LogP contribution in [0.1, 0.15) is 25.1 Å². The van der Waals surface area contributed by atoms with Gasteiger partial charge in [-0.3, -0.25) is 4.90 Å². The third-order valence-corrected chi connectivity index (χ3v) is 4.43. The fourth-order valence-corrected chi connectivity index (χ4v) is 3.22. The van der Waals surface area contributed by atoms with Crippen LogP contribution in [0, 0.1) is 11.3 Å². The van der Waals surface area contributed by atoms with Gasteiger partial charge in [0.05, 0.1) is 19.0 Å². The number of benzene rings is 1. The van der Waals surface area contributed by atoms with E-state index in [9.17, 15) is 0 Å². The summed E-state index contributed by atoms with van der Waals surface area (Å²) >= 11 is 0. The molecule has 2 heterocycles. The monoisotopic (exact) mass is 337 g/mol. The topological polar surface area (TPSA) is 65.3 Å². The van der Waals surface area contributed by atoms with Gasteiger partial charge in [-0.1, -0.05) is 18.2 Å². The summed E-state index contributed by atoms with van der Waals surface area (Å²) in [6.45, 7) is 8.55. The lowest BCUT2D eigenvalue weighted by Crippen LogP contribution is -2.52. The molecule has 0 radical (unpaired) electrons. The molecule has 1 atom stereocenters. The molecule has 1 aliphatic heterocycles. The van der Waals surface area contributed by atoms with Gasteiger partial charge in [-0.05, 0) is 19.9 Å². The third kappa shape index (κ3) is 4.06. The van der Waals surface area contributed by atoms with Crippen molar-refractivity contribution in [2.24, 2.45) is 0 Å². The van der Waals surface area contributed by atoms with Crippen molar-refractivity contribution in [1.82, 2.24) is 14.9 Å². The number of ether oxygens (including phenoxy) is 1. The molecule has 0 aliphatic carbocycles. The van der Waals surface area contributed by atoms with Crippen LogP contribution in [0.4, 0.5) is 5.82 Å². The lowest BCUT2D eigenvalue weighted by atomic mass is 10.1. The first-order valence-electron chi connectivity index (χ1n) is 8.63. The molecule has 25 heavy (non-hydrogen) atoms. The zero-order valence-electron chi connectivity index (χ0n) is 14.7. The van der Waals surface area contributed by atoms with Crippen molar-refractivity contribution >= 4 is 5.82 Å². The number of hydrogen-bond donors (Lipinski definition) is 0. The van der Waals surface area contributed by atoms with Crippen molar-refractivity contribution in [2.75, 3.05) is 31.1 Å². The first-order chi connectivity index (χ1) is 12.2. The zero-order valence-corrected chi connectivity index (χ0v) is 14.7. The Morgan fingerprint density at radius 3 is 2.76 bits per heavy atom. The molecule has 0 spiro atoms. The quantitative estimate of drug-likeness (QED) is 0.835. The minimum Gasteiger partial charge on any atom is -0.494 e. The lowest BCUT2D eigenvalue weighted by molar-refractivity contribution is 0.216. The highest BCUT2D eigenvalue weighted by atomic mass is 16.5. The van der Waals surface area contributed by atoms with Crippen molar-refractivity contribution in [1.29, 1.82) is 5.26 Å². The number of anilines is 1. The fraction of sp³-hybridized carbons (Fsp3) is 0.421. The summed E-state index contributed by atoms with van der Waals surface area (Å²) in [5.74, 6) is 1.80. The molecule has 1 aliphatic rings. The maximum Gasteiger partial charge on any atom is 0.158 e. The van der Waals surface area contributed by atoms with Gasteiger partial charge in [0.15, 0.2) is 5.69 Å². The van der Waals surface area contributed by atoms with E-state index in [2.05, 4.69) is 38.8 Å². The Morgan fingerprint density at radius 2 is 2.08 bits per heavy atom. The van der Waals surface area contributed by atoms with E-state index in [4.69, 9.17) is 10.00 Å². The number of para-hydroxylation sites is 1. The van der Waals surface area contributed by atoms with Crippen LogP contribution in [0.2, 0.25) is 0 Å². The molecular formula is C19H23N5O. The van der Waals surface area contributed by atoms with Crippen LogP contribution in [-0.4, -0.2) is 47.2 Å². The molecule has 6 heteroatoms. The number of nitrogens with zero attached hydrogens (tertiary/aromatic N) is 5. The first kappa shape index (κ1) is 17.2. The highest BCUT2D eigenvalue weighted by Crippen LogP contribution is 2.23. The molecule has 0 amide bonds. The Labute approximate surface area is 148 Å². The Balaban J connectivity index is 1.64. The minimum atomic E-state index is 0.329. The van der Waals surface area contributed by atoms with Crippen LogP contribution in [-0.2, 0) is 6.54 Å². The van der Waals surface area contributed by atoms with Gasteiger partial charge >= 0.3 is 0 Å². The molecule has 130 valence electrons. The second-order valence-corrected chi connectivity index (χ2v) is 6.19. The molecule has 0 bridgehead atoms. The van der Waals surface area contributed by atoms with Crippen molar-refractivity contribution in [3.8, 4) is 11.8 Å². The molecule has 0 saturated carbocycles. The van der Waals surface area contributed by atoms with Crippen LogP contribution in [0.3, 0.4) is 0 Å². The van der Waals surface area contributed by atoms with Crippen LogP contribution in [0.5, 0.6) is 5.75 Å². The van der Waals surface area contributed by atoms with Crippen molar-refractivity contribution in [3.05, 3.63) is 47.9 Å². The van der Waals surface area contributed by atoms with Gasteiger partial charge in [0, 0.05) is 37.8 Å². The van der Waals surface area contributed by atoms with Gasteiger partial charge in [-0.25, -0.2) is 9.97 Å². The van der Waals surface area contributed by atoms with Crippen molar-refractivity contribution in [3.63, 3.8) is 0 Å². The summed E-state index contributed by atoms with van der Waals surface area (Å²) < 4.78 is 5.74. The Bertz CT molecular complexity index is 740. The maximum atomic E-state index is 8.84. The van der Waals surface area contributed by atoms with Gasteiger partial charge < -0.3 is 9.64 Å². The molecule has 1 aromatic carbocycles. The number of rotatable bonds is 5. The third-order valence-electron chi connectivity index (χ3n) is 4.43. The number of aromatic nitrogens is 2. The van der Waals surface area contributed by atoms with Gasteiger partial charge in [0.1, 0.15) is 17.6 Å². The van der Waals surface area contributed by atoms with Gasteiger partial charge in [-0.2, -0.15) is 5.26 Å².